The molecular formula is C33H18ClN3OS. The van der Waals surface area contributed by atoms with Crippen molar-refractivity contribution in [3.8, 4) is 33.9 Å². The number of benzene rings is 5. The van der Waals surface area contributed by atoms with Crippen LogP contribution in [0.4, 0.5) is 0 Å². The second-order valence-electron chi connectivity index (χ2n) is 9.39. The Morgan fingerprint density at radius 2 is 1.21 bits per heavy atom. The van der Waals surface area contributed by atoms with Gasteiger partial charge in [-0.1, -0.05) is 84.9 Å². The monoisotopic (exact) mass is 539 g/mol. The van der Waals surface area contributed by atoms with Crippen LogP contribution in [-0.4, -0.2) is 15.0 Å². The lowest BCUT2D eigenvalue weighted by Gasteiger charge is -2.08. The molecule has 184 valence electrons. The number of para-hydroxylation sites is 1. The lowest BCUT2D eigenvalue weighted by molar-refractivity contribution is 0.669. The van der Waals surface area contributed by atoms with Gasteiger partial charge < -0.3 is 4.42 Å². The van der Waals surface area contributed by atoms with Crippen molar-refractivity contribution in [2.75, 3.05) is 0 Å². The summed E-state index contributed by atoms with van der Waals surface area (Å²) in [6.45, 7) is 0. The number of hydrogen-bond donors (Lipinski definition) is 0. The van der Waals surface area contributed by atoms with E-state index < -0.39 is 0 Å². The van der Waals surface area contributed by atoms with Crippen molar-refractivity contribution < 1.29 is 4.42 Å². The third kappa shape index (κ3) is 3.62. The lowest BCUT2D eigenvalue weighted by Crippen LogP contribution is -1.97. The van der Waals surface area contributed by atoms with E-state index in [2.05, 4.69) is 64.6 Å². The van der Waals surface area contributed by atoms with E-state index >= 15 is 0 Å². The van der Waals surface area contributed by atoms with Crippen LogP contribution in [0.3, 0.4) is 0 Å². The topological polar surface area (TPSA) is 51.8 Å². The highest BCUT2D eigenvalue weighted by molar-refractivity contribution is 7.26. The molecule has 3 heterocycles. The fraction of sp³-hybridized carbons (Fsp3) is 0. The molecule has 5 aromatic carbocycles. The molecule has 0 atom stereocenters. The van der Waals surface area contributed by atoms with Crippen LogP contribution in [0.2, 0.25) is 5.28 Å². The van der Waals surface area contributed by atoms with Gasteiger partial charge in [0.05, 0.1) is 0 Å². The molecule has 0 aliphatic heterocycles. The first-order valence-electron chi connectivity index (χ1n) is 12.6. The molecule has 0 aliphatic rings. The van der Waals surface area contributed by atoms with Gasteiger partial charge in [0.15, 0.2) is 11.6 Å². The van der Waals surface area contributed by atoms with Crippen molar-refractivity contribution in [2.24, 2.45) is 0 Å². The van der Waals surface area contributed by atoms with E-state index in [-0.39, 0.29) is 5.28 Å². The normalized spacial score (nSPS) is 11.7. The number of fused-ring (bicyclic) bond motifs is 6. The molecule has 0 unspecified atom stereocenters. The van der Waals surface area contributed by atoms with Gasteiger partial charge in [0.25, 0.3) is 0 Å². The van der Waals surface area contributed by atoms with Crippen LogP contribution >= 0.6 is 22.9 Å². The summed E-state index contributed by atoms with van der Waals surface area (Å²) in [4.78, 5) is 13.8. The first-order valence-corrected chi connectivity index (χ1v) is 13.8. The molecule has 0 radical (unpaired) electrons. The van der Waals surface area contributed by atoms with Gasteiger partial charge in [-0.25, -0.2) is 4.98 Å². The van der Waals surface area contributed by atoms with E-state index in [1.165, 1.54) is 15.5 Å². The largest absolute Gasteiger partial charge is 0.456 e. The van der Waals surface area contributed by atoms with Gasteiger partial charge in [-0.05, 0) is 47.0 Å². The quantitative estimate of drug-likeness (QED) is 0.224. The van der Waals surface area contributed by atoms with Gasteiger partial charge in [-0.15, -0.1) is 11.3 Å². The minimum atomic E-state index is 0.173. The molecule has 0 N–H and O–H groups in total. The smallest absolute Gasteiger partial charge is 0.226 e. The van der Waals surface area contributed by atoms with E-state index in [0.29, 0.717) is 11.6 Å². The average molecular weight is 540 g/mol. The second kappa shape index (κ2) is 8.73. The van der Waals surface area contributed by atoms with Gasteiger partial charge in [0, 0.05) is 42.1 Å². The Balaban J connectivity index is 1.23. The summed E-state index contributed by atoms with van der Waals surface area (Å²) in [5, 5.41) is 4.82. The molecule has 6 heteroatoms. The zero-order chi connectivity index (χ0) is 25.9. The van der Waals surface area contributed by atoms with E-state index in [0.717, 1.165) is 48.9 Å². The van der Waals surface area contributed by atoms with Crippen molar-refractivity contribution in [3.63, 3.8) is 0 Å². The van der Waals surface area contributed by atoms with Crippen LogP contribution < -0.4 is 0 Å². The van der Waals surface area contributed by atoms with Crippen molar-refractivity contribution >= 4 is 65.0 Å². The fourth-order valence-electron chi connectivity index (χ4n) is 5.34. The molecule has 0 fully saturated rings. The molecule has 39 heavy (non-hydrogen) atoms. The Morgan fingerprint density at radius 3 is 2.10 bits per heavy atom. The molecule has 0 bridgehead atoms. The SMILES string of the molecule is Clc1nc(-c2ccc(-c3cccc4oc5ccccc5c34)cc2)nc(-c2cccc3c2sc2ccccc23)n1. The summed E-state index contributed by atoms with van der Waals surface area (Å²) in [7, 11) is 0. The Morgan fingerprint density at radius 1 is 0.538 bits per heavy atom. The Hall–Kier alpha value is -4.58. The first kappa shape index (κ1) is 22.4. The molecule has 0 saturated carbocycles. The summed E-state index contributed by atoms with van der Waals surface area (Å²) < 4.78 is 8.46. The van der Waals surface area contributed by atoms with E-state index in [9.17, 15) is 0 Å². The molecular weight excluding hydrogens is 522 g/mol. The molecule has 0 amide bonds. The van der Waals surface area contributed by atoms with Crippen LogP contribution in [0.15, 0.2) is 114 Å². The van der Waals surface area contributed by atoms with Crippen molar-refractivity contribution in [1.29, 1.82) is 0 Å². The zero-order valence-corrected chi connectivity index (χ0v) is 22.0. The van der Waals surface area contributed by atoms with Crippen molar-refractivity contribution in [1.82, 2.24) is 15.0 Å². The van der Waals surface area contributed by atoms with Crippen LogP contribution in [0.25, 0.3) is 76.0 Å². The van der Waals surface area contributed by atoms with Crippen LogP contribution in [-0.2, 0) is 0 Å². The number of thiophene rings is 1. The molecule has 8 aromatic rings. The van der Waals surface area contributed by atoms with Gasteiger partial charge >= 0.3 is 0 Å². The Labute approximate surface area is 232 Å². The molecule has 4 nitrogen and oxygen atoms in total. The van der Waals surface area contributed by atoms with Crippen LogP contribution in [0.1, 0.15) is 0 Å². The number of rotatable bonds is 3. The first-order chi connectivity index (χ1) is 19.2. The van der Waals surface area contributed by atoms with Gasteiger partial charge in [0.2, 0.25) is 5.28 Å². The maximum absolute atomic E-state index is 6.45. The molecule has 0 spiro atoms. The highest BCUT2D eigenvalue weighted by Gasteiger charge is 2.16. The second-order valence-corrected chi connectivity index (χ2v) is 10.8. The third-order valence-electron chi connectivity index (χ3n) is 7.11. The predicted octanol–water partition coefficient (Wildman–Crippen LogP) is 9.79. The molecule has 0 aliphatic carbocycles. The minimum absolute atomic E-state index is 0.173. The minimum Gasteiger partial charge on any atom is -0.456 e. The lowest BCUT2D eigenvalue weighted by atomic mass is 9.98. The highest BCUT2D eigenvalue weighted by Crippen LogP contribution is 2.40. The van der Waals surface area contributed by atoms with Crippen molar-refractivity contribution in [2.45, 2.75) is 0 Å². The average Bonchev–Trinajstić information content (AvgIpc) is 3.55. The summed E-state index contributed by atoms with van der Waals surface area (Å²) in [6, 6.07) is 37.2. The number of nitrogens with zero attached hydrogens (tertiary/aromatic N) is 3. The zero-order valence-electron chi connectivity index (χ0n) is 20.4. The van der Waals surface area contributed by atoms with Crippen LogP contribution in [0, 0.1) is 0 Å². The maximum atomic E-state index is 6.45. The molecule has 8 rings (SSSR count). The molecule has 0 saturated heterocycles. The van der Waals surface area contributed by atoms with Gasteiger partial charge in [0.1, 0.15) is 11.2 Å². The summed E-state index contributed by atoms with van der Waals surface area (Å²) in [5.74, 6) is 1.11. The predicted molar refractivity (Wildman–Crippen MR) is 161 cm³/mol. The summed E-state index contributed by atoms with van der Waals surface area (Å²) in [6.07, 6.45) is 0. The summed E-state index contributed by atoms with van der Waals surface area (Å²) in [5.41, 5.74) is 5.80. The number of hydrogen-bond acceptors (Lipinski definition) is 5. The van der Waals surface area contributed by atoms with E-state index in [4.69, 9.17) is 21.0 Å². The van der Waals surface area contributed by atoms with Gasteiger partial charge in [-0.3, -0.25) is 0 Å². The van der Waals surface area contributed by atoms with E-state index in [1.807, 2.05) is 54.6 Å². The van der Waals surface area contributed by atoms with Crippen LogP contribution in [0.5, 0.6) is 0 Å². The third-order valence-corrected chi connectivity index (χ3v) is 8.50. The van der Waals surface area contributed by atoms with Crippen molar-refractivity contribution in [3.05, 3.63) is 114 Å². The fourth-order valence-corrected chi connectivity index (χ4v) is 6.71. The molecule has 3 aromatic heterocycles. The highest BCUT2D eigenvalue weighted by atomic mass is 35.5. The number of halogens is 1. The Kier molecular flexibility index (Phi) is 5.02. The standard InChI is InChI=1S/C33H18ClN3OS/c34-33-36-31(35-32(37-33)25-11-5-10-23-22-7-2-4-14-28(22)39-30(23)25)20-17-15-19(16-18-20)21-9-6-13-27-29(21)24-8-1-3-12-26(24)38-27/h1-18H. The Bertz CT molecular complexity index is 2200. The van der Waals surface area contributed by atoms with E-state index in [1.54, 1.807) is 11.3 Å². The number of aromatic nitrogens is 3. The summed E-state index contributed by atoms with van der Waals surface area (Å²) >= 11 is 8.19. The maximum Gasteiger partial charge on any atom is 0.226 e. The van der Waals surface area contributed by atoms with Gasteiger partial charge in [-0.2, -0.15) is 9.97 Å². The number of furan rings is 1.